The molecule has 0 saturated heterocycles. The van der Waals surface area contributed by atoms with Gasteiger partial charge >= 0.3 is 15.2 Å². The van der Waals surface area contributed by atoms with E-state index in [1.807, 2.05) is 18.7 Å². The van der Waals surface area contributed by atoms with Crippen molar-refractivity contribution in [2.75, 3.05) is 57.2 Å². The average molecular weight is 613 g/mol. The van der Waals surface area contributed by atoms with Crippen molar-refractivity contribution < 1.29 is 40.4 Å². The Morgan fingerprint density at radius 2 is 1.36 bits per heavy atom. The molecule has 3 N–H and O–H groups in total. The van der Waals surface area contributed by atoms with Crippen LogP contribution in [0.15, 0.2) is 23.1 Å². The molecule has 224 valence electrons. The van der Waals surface area contributed by atoms with Gasteiger partial charge in [-0.15, -0.1) is 0 Å². The first-order valence-corrected chi connectivity index (χ1v) is 17.8. The zero-order valence-corrected chi connectivity index (χ0v) is 26.3. The van der Waals surface area contributed by atoms with Gasteiger partial charge in [-0.1, -0.05) is 0 Å². The molecule has 0 aliphatic rings. The number of sulfone groups is 1. The molecule has 0 saturated carbocycles. The molecule has 0 atom stereocenters. The second-order valence-electron chi connectivity index (χ2n) is 8.16. The van der Waals surface area contributed by atoms with Crippen LogP contribution in [0.1, 0.15) is 51.9 Å². The van der Waals surface area contributed by atoms with Gasteiger partial charge in [0.05, 0.1) is 43.6 Å². The molecule has 39 heavy (non-hydrogen) atoms. The highest BCUT2D eigenvalue weighted by Crippen LogP contribution is 2.70. The maximum Gasteiger partial charge on any atom is 0.347 e. The van der Waals surface area contributed by atoms with E-state index >= 15 is 0 Å². The molecule has 0 heterocycles. The number of nitrogens with two attached hydrogens (primary N) is 1. The van der Waals surface area contributed by atoms with Gasteiger partial charge in [0, 0.05) is 24.9 Å². The Morgan fingerprint density at radius 3 is 1.69 bits per heavy atom. The minimum absolute atomic E-state index is 0.0788. The van der Waals surface area contributed by atoms with E-state index in [1.54, 1.807) is 27.7 Å². The van der Waals surface area contributed by atoms with Gasteiger partial charge < -0.3 is 28.7 Å². The quantitative estimate of drug-likeness (QED) is 0.147. The van der Waals surface area contributed by atoms with Crippen molar-refractivity contribution in [1.29, 1.82) is 5.41 Å². The number of anilines is 1. The Morgan fingerprint density at radius 1 is 0.923 bits per heavy atom. The summed E-state index contributed by atoms with van der Waals surface area (Å²) < 4.78 is 74.8. The highest BCUT2D eigenvalue weighted by molar-refractivity contribution is 7.90. The summed E-state index contributed by atoms with van der Waals surface area (Å²) in [5, 5.41) is 6.45. The molecule has 0 aliphatic heterocycles. The molecular weight excluding hydrogens is 570 g/mol. The molecule has 0 unspecified atom stereocenters. The van der Waals surface area contributed by atoms with Gasteiger partial charge in [0.25, 0.3) is 5.91 Å². The topological polar surface area (TPSA) is 179 Å². The molecule has 1 amide bonds. The van der Waals surface area contributed by atoms with Crippen molar-refractivity contribution >= 4 is 42.6 Å². The van der Waals surface area contributed by atoms with Crippen molar-refractivity contribution in [3.63, 3.8) is 0 Å². The van der Waals surface area contributed by atoms with Crippen LogP contribution in [0.25, 0.3) is 0 Å². The Labute approximate surface area is 231 Å². The number of benzene rings is 1. The monoisotopic (exact) mass is 612 g/mol. The molecule has 1 rings (SSSR count). The van der Waals surface area contributed by atoms with Crippen LogP contribution >= 0.6 is 15.2 Å². The lowest BCUT2D eigenvalue weighted by Gasteiger charge is -2.34. The summed E-state index contributed by atoms with van der Waals surface area (Å²) in [5.41, 5.74) is 6.08. The summed E-state index contributed by atoms with van der Waals surface area (Å²) in [6, 6.07) is 4.11. The molecule has 0 aliphatic carbocycles. The van der Waals surface area contributed by atoms with E-state index in [9.17, 15) is 22.3 Å². The van der Waals surface area contributed by atoms with Gasteiger partial charge in [0.1, 0.15) is 0 Å². The lowest BCUT2D eigenvalue weighted by atomic mass is 10.1. The first-order chi connectivity index (χ1) is 18.2. The number of amides is 1. The van der Waals surface area contributed by atoms with Gasteiger partial charge in [-0.3, -0.25) is 24.2 Å². The highest BCUT2D eigenvalue weighted by Gasteiger charge is 2.52. The second kappa shape index (κ2) is 15.3. The van der Waals surface area contributed by atoms with Crippen molar-refractivity contribution in [3.8, 4) is 0 Å². The predicted molar refractivity (Wildman–Crippen MR) is 152 cm³/mol. The smallest absolute Gasteiger partial charge is 0.347 e. The van der Waals surface area contributed by atoms with E-state index in [-0.39, 0.29) is 36.9 Å². The Bertz CT molecular complexity index is 1140. The minimum Gasteiger partial charge on any atom is -0.371 e. The van der Waals surface area contributed by atoms with Crippen LogP contribution in [0.5, 0.6) is 0 Å². The lowest BCUT2D eigenvalue weighted by Crippen LogP contribution is -2.46. The van der Waals surface area contributed by atoms with Crippen LogP contribution in [0, 0.1) is 5.41 Å². The molecule has 0 fully saturated rings. The van der Waals surface area contributed by atoms with Crippen LogP contribution in [-0.2, 0) is 37.1 Å². The maximum absolute atomic E-state index is 13.9. The van der Waals surface area contributed by atoms with Gasteiger partial charge in [-0.2, -0.15) is 0 Å². The number of hydrogen-bond donors (Lipinski definition) is 2. The van der Waals surface area contributed by atoms with Crippen LogP contribution in [0.3, 0.4) is 0 Å². The van der Waals surface area contributed by atoms with Crippen molar-refractivity contribution in [2.24, 2.45) is 5.73 Å². The molecule has 0 spiro atoms. The molecule has 0 radical (unpaired) electrons. The number of guanidine groups is 1. The number of hydrogen-bond acceptors (Lipinski definition) is 11. The number of rotatable bonds is 17. The molecular formula is C23H42N4O9P2S. The van der Waals surface area contributed by atoms with Crippen molar-refractivity contribution in [3.05, 3.63) is 23.8 Å². The summed E-state index contributed by atoms with van der Waals surface area (Å²) >= 11 is 0. The Kier molecular flexibility index (Phi) is 13.8. The van der Waals surface area contributed by atoms with E-state index < -0.39 is 48.8 Å². The van der Waals surface area contributed by atoms with E-state index in [4.69, 9.17) is 29.2 Å². The van der Waals surface area contributed by atoms with Gasteiger partial charge in [0.2, 0.25) is 0 Å². The minimum atomic E-state index is -4.26. The lowest BCUT2D eigenvalue weighted by molar-refractivity contribution is 0.0843. The zero-order chi connectivity index (χ0) is 30.0. The standard InChI is InChI=1S/C23H42N4O9P2S/c1-8-26(9-2)19-15-14-18(16-20(19)39(7,31)32)22(28)27(23(24)25)17-21(37(29,33-10-3)34-11-4)38(30,35-12-5)36-13-6/h14-16,21H,8-13,17H2,1-7H3,(H3,24,25). The summed E-state index contributed by atoms with van der Waals surface area (Å²) in [7, 11) is -12.3. The molecule has 1 aromatic rings. The third-order valence-corrected chi connectivity index (χ3v) is 12.6. The normalized spacial score (nSPS) is 12.5. The summed E-state index contributed by atoms with van der Waals surface area (Å²) in [5.74, 6) is -1.65. The Hall–Kier alpha value is -1.79. The number of carbonyl (C=O) groups is 1. The molecule has 16 heteroatoms. The summed E-state index contributed by atoms with van der Waals surface area (Å²) in [6.45, 7) is 10.1. The molecule has 1 aromatic carbocycles. The number of carbonyl (C=O) groups excluding carboxylic acids is 1. The first-order valence-electron chi connectivity index (χ1n) is 12.7. The fourth-order valence-corrected chi connectivity index (χ4v) is 10.00. The SMILES string of the molecule is CCOP(=O)(OCC)C(CN(C(=N)N)C(=O)c1ccc(N(CC)CC)c(S(C)(=O)=O)c1)P(=O)(OCC)OCC. The predicted octanol–water partition coefficient (Wildman–Crippen LogP) is 4.13. The zero-order valence-electron chi connectivity index (χ0n) is 23.7. The fraction of sp³-hybridized carbons (Fsp3) is 0.652. The number of nitrogens with zero attached hydrogens (tertiary/aromatic N) is 2. The molecule has 0 bridgehead atoms. The fourth-order valence-electron chi connectivity index (χ4n) is 3.89. The number of nitrogens with one attached hydrogen (secondary N) is 1. The van der Waals surface area contributed by atoms with Crippen LogP contribution in [0.4, 0.5) is 5.69 Å². The van der Waals surface area contributed by atoms with Gasteiger partial charge in [-0.25, -0.2) is 8.42 Å². The van der Waals surface area contributed by atoms with E-state index in [0.29, 0.717) is 18.8 Å². The third kappa shape index (κ3) is 8.85. The highest BCUT2D eigenvalue weighted by atomic mass is 32.2. The first kappa shape index (κ1) is 35.2. The van der Waals surface area contributed by atoms with E-state index in [2.05, 4.69) is 0 Å². The average Bonchev–Trinajstić information content (AvgIpc) is 2.84. The maximum atomic E-state index is 13.9. The summed E-state index contributed by atoms with van der Waals surface area (Å²) in [4.78, 5) is 16.1. The van der Waals surface area contributed by atoms with Crippen molar-refractivity contribution in [1.82, 2.24) is 4.90 Å². The third-order valence-electron chi connectivity index (χ3n) is 5.56. The van der Waals surface area contributed by atoms with Gasteiger partial charge in [-0.05, 0) is 59.7 Å². The van der Waals surface area contributed by atoms with Crippen molar-refractivity contribution in [2.45, 2.75) is 51.8 Å². The largest absolute Gasteiger partial charge is 0.371 e. The van der Waals surface area contributed by atoms with E-state index in [0.717, 1.165) is 11.2 Å². The molecule has 0 aromatic heterocycles. The van der Waals surface area contributed by atoms with Crippen LogP contribution in [0.2, 0.25) is 0 Å². The van der Waals surface area contributed by atoms with Crippen LogP contribution < -0.4 is 10.6 Å². The van der Waals surface area contributed by atoms with Gasteiger partial charge in [0.15, 0.2) is 21.2 Å². The molecule has 13 nitrogen and oxygen atoms in total. The summed E-state index contributed by atoms with van der Waals surface area (Å²) in [6.07, 6.45) is 1.03. The Balaban J connectivity index is 3.77. The van der Waals surface area contributed by atoms with E-state index in [1.165, 1.54) is 18.2 Å². The second-order valence-corrected chi connectivity index (χ2v) is 15.0. The van der Waals surface area contributed by atoms with Crippen LogP contribution in [-0.4, -0.2) is 82.9 Å².